The lowest BCUT2D eigenvalue weighted by atomic mass is 9.97. The number of hydrogen-bond donors (Lipinski definition) is 2. The molecule has 0 aromatic heterocycles. The molecule has 0 spiro atoms. The summed E-state index contributed by atoms with van der Waals surface area (Å²) < 4.78 is 8.22. The molecule has 3 aromatic carbocycles. The Bertz CT molecular complexity index is 773. The Hall–Kier alpha value is -2.43. The van der Waals surface area contributed by atoms with Gasteiger partial charge in [-0.2, -0.15) is 0 Å². The maximum Gasteiger partial charge on any atom is 0.115 e. The molecule has 3 nitrogen and oxygen atoms in total. The van der Waals surface area contributed by atoms with Gasteiger partial charge in [-0.05, 0) is 41.0 Å². The van der Waals surface area contributed by atoms with Crippen LogP contribution in [0.25, 0.3) is 22.3 Å². The Morgan fingerprint density at radius 1 is 0.826 bits per heavy atom. The molecule has 116 valence electrons. The maximum atomic E-state index is 9.51. The summed E-state index contributed by atoms with van der Waals surface area (Å²) in [4.78, 5) is 0. The molecule has 0 aliphatic heterocycles. The van der Waals surface area contributed by atoms with Crippen molar-refractivity contribution in [3.05, 3.63) is 72.8 Å². The van der Waals surface area contributed by atoms with E-state index in [0.29, 0.717) is 0 Å². The van der Waals surface area contributed by atoms with Crippen molar-refractivity contribution in [2.75, 3.05) is 11.8 Å². The number of anilines is 1. The lowest BCUT2D eigenvalue weighted by molar-refractivity contribution is 0.475. The number of aromatic hydroxyl groups is 1. The van der Waals surface area contributed by atoms with E-state index < -0.39 is 0 Å². The van der Waals surface area contributed by atoms with Crippen LogP contribution in [0.5, 0.6) is 5.75 Å². The predicted molar refractivity (Wildman–Crippen MR) is 97.2 cm³/mol. The van der Waals surface area contributed by atoms with Gasteiger partial charge in [0.25, 0.3) is 0 Å². The number of nitrogens with one attached hydrogen (secondary N) is 1. The summed E-state index contributed by atoms with van der Waals surface area (Å²) in [6, 6.07) is 23.7. The molecule has 0 atom stereocenters. The highest BCUT2D eigenvalue weighted by Crippen LogP contribution is 2.34. The number of rotatable bonds is 5. The van der Waals surface area contributed by atoms with E-state index in [2.05, 4.69) is 29.0 Å². The van der Waals surface area contributed by atoms with Gasteiger partial charge in [0.2, 0.25) is 0 Å². The van der Waals surface area contributed by atoms with Crippen LogP contribution in [0, 0.1) is 0 Å². The van der Waals surface area contributed by atoms with E-state index in [9.17, 15) is 5.11 Å². The van der Waals surface area contributed by atoms with E-state index in [1.54, 1.807) is 19.2 Å². The van der Waals surface area contributed by atoms with Crippen molar-refractivity contribution in [3.8, 4) is 28.0 Å². The van der Waals surface area contributed by atoms with Crippen LogP contribution in [0.4, 0.5) is 5.69 Å². The van der Waals surface area contributed by atoms with E-state index in [1.807, 2.05) is 36.4 Å². The van der Waals surface area contributed by atoms with Crippen molar-refractivity contribution in [1.29, 1.82) is 0 Å². The monoisotopic (exact) mass is 323 g/mol. The predicted octanol–water partition coefficient (Wildman–Crippen LogP) is 5.35. The molecule has 0 bridgehead atoms. The van der Waals surface area contributed by atoms with E-state index in [0.717, 1.165) is 22.4 Å². The van der Waals surface area contributed by atoms with Crippen LogP contribution in [-0.2, 0) is 4.18 Å². The first-order chi connectivity index (χ1) is 11.3. The Morgan fingerprint density at radius 2 is 1.52 bits per heavy atom. The van der Waals surface area contributed by atoms with E-state index in [1.165, 1.54) is 17.8 Å². The van der Waals surface area contributed by atoms with Crippen molar-refractivity contribution in [1.82, 2.24) is 0 Å². The standard InChI is InChI=1S/C19H17NO2S/c1-22-23-20-19-12-9-16(14-5-3-2-4-6-14)13-18(19)15-7-10-17(21)11-8-15/h2-13,20-21H,1H3. The SMILES string of the molecule is COSNc1ccc(-c2ccccc2)cc1-c1ccc(O)cc1. The molecule has 2 N–H and O–H groups in total. The average molecular weight is 323 g/mol. The first-order valence-electron chi connectivity index (χ1n) is 7.22. The zero-order valence-electron chi connectivity index (χ0n) is 12.7. The highest BCUT2D eigenvalue weighted by atomic mass is 32.2. The molecule has 3 rings (SSSR count). The quantitative estimate of drug-likeness (QED) is 0.491. The molecular formula is C19H17NO2S. The molecule has 0 fully saturated rings. The second-order valence-electron chi connectivity index (χ2n) is 5.03. The van der Waals surface area contributed by atoms with Crippen LogP contribution in [-0.4, -0.2) is 12.2 Å². The number of hydrogen-bond acceptors (Lipinski definition) is 4. The highest BCUT2D eigenvalue weighted by molar-refractivity contribution is 7.96. The van der Waals surface area contributed by atoms with Crippen LogP contribution in [0.2, 0.25) is 0 Å². The van der Waals surface area contributed by atoms with E-state index in [-0.39, 0.29) is 5.75 Å². The second kappa shape index (κ2) is 7.22. The Morgan fingerprint density at radius 3 is 2.22 bits per heavy atom. The van der Waals surface area contributed by atoms with Crippen molar-refractivity contribution in [2.24, 2.45) is 0 Å². The zero-order chi connectivity index (χ0) is 16.1. The Kier molecular flexibility index (Phi) is 4.86. The summed E-state index contributed by atoms with van der Waals surface area (Å²) in [6.07, 6.45) is 0. The number of phenols is 1. The van der Waals surface area contributed by atoms with Gasteiger partial charge in [0, 0.05) is 5.56 Å². The molecule has 0 saturated heterocycles. The van der Waals surface area contributed by atoms with Gasteiger partial charge in [-0.1, -0.05) is 48.5 Å². The summed E-state index contributed by atoms with van der Waals surface area (Å²) in [5, 5.41) is 9.51. The van der Waals surface area contributed by atoms with Crippen LogP contribution in [0.3, 0.4) is 0 Å². The molecule has 3 aromatic rings. The smallest absolute Gasteiger partial charge is 0.115 e. The van der Waals surface area contributed by atoms with Gasteiger partial charge < -0.3 is 14.0 Å². The zero-order valence-corrected chi connectivity index (χ0v) is 13.5. The molecule has 0 aliphatic carbocycles. The van der Waals surface area contributed by atoms with Crippen LogP contribution < -0.4 is 4.72 Å². The third-order valence-electron chi connectivity index (χ3n) is 3.54. The molecule has 0 amide bonds. The molecule has 0 radical (unpaired) electrons. The average Bonchev–Trinajstić information content (AvgIpc) is 2.61. The lowest BCUT2D eigenvalue weighted by Gasteiger charge is -2.13. The van der Waals surface area contributed by atoms with Gasteiger partial charge in [-0.3, -0.25) is 0 Å². The van der Waals surface area contributed by atoms with Gasteiger partial charge in [0.05, 0.1) is 12.8 Å². The van der Waals surface area contributed by atoms with Gasteiger partial charge >= 0.3 is 0 Å². The summed E-state index contributed by atoms with van der Waals surface area (Å²) in [5.41, 5.74) is 5.35. The highest BCUT2D eigenvalue weighted by Gasteiger charge is 2.08. The third-order valence-corrected chi connectivity index (χ3v) is 4.01. The van der Waals surface area contributed by atoms with E-state index >= 15 is 0 Å². The third kappa shape index (κ3) is 3.67. The molecule has 0 unspecified atom stereocenters. The normalized spacial score (nSPS) is 10.5. The summed E-state index contributed by atoms with van der Waals surface area (Å²) in [6.45, 7) is 0. The topological polar surface area (TPSA) is 41.5 Å². The Labute approximate surface area is 140 Å². The van der Waals surface area contributed by atoms with Crippen molar-refractivity contribution >= 4 is 17.9 Å². The lowest BCUT2D eigenvalue weighted by Crippen LogP contribution is -1.92. The fraction of sp³-hybridized carbons (Fsp3) is 0.0526. The van der Waals surface area contributed by atoms with Crippen LogP contribution in [0.1, 0.15) is 0 Å². The van der Waals surface area contributed by atoms with Crippen molar-refractivity contribution < 1.29 is 9.29 Å². The van der Waals surface area contributed by atoms with Gasteiger partial charge in [0.1, 0.15) is 18.0 Å². The summed E-state index contributed by atoms with van der Waals surface area (Å²) in [7, 11) is 1.62. The van der Waals surface area contributed by atoms with Crippen molar-refractivity contribution in [3.63, 3.8) is 0 Å². The minimum absolute atomic E-state index is 0.258. The maximum absolute atomic E-state index is 9.51. The fourth-order valence-corrected chi connectivity index (χ4v) is 2.76. The first-order valence-corrected chi connectivity index (χ1v) is 7.96. The van der Waals surface area contributed by atoms with Gasteiger partial charge in [-0.25, -0.2) is 0 Å². The number of benzene rings is 3. The van der Waals surface area contributed by atoms with Crippen LogP contribution in [0.15, 0.2) is 72.8 Å². The number of phenolic OH excluding ortho intramolecular Hbond substituents is 1. The van der Waals surface area contributed by atoms with E-state index in [4.69, 9.17) is 4.18 Å². The van der Waals surface area contributed by atoms with Gasteiger partial charge in [-0.15, -0.1) is 0 Å². The molecule has 0 aliphatic rings. The molecule has 0 heterocycles. The summed E-state index contributed by atoms with van der Waals surface area (Å²) in [5.74, 6) is 0.258. The van der Waals surface area contributed by atoms with Gasteiger partial charge in [0.15, 0.2) is 0 Å². The second-order valence-corrected chi connectivity index (χ2v) is 5.73. The minimum Gasteiger partial charge on any atom is -0.508 e. The van der Waals surface area contributed by atoms with Crippen molar-refractivity contribution in [2.45, 2.75) is 0 Å². The minimum atomic E-state index is 0.258. The fourth-order valence-electron chi connectivity index (χ4n) is 2.41. The summed E-state index contributed by atoms with van der Waals surface area (Å²) >= 11 is 1.18. The van der Waals surface area contributed by atoms with Crippen LogP contribution >= 0.6 is 12.2 Å². The molecule has 0 saturated carbocycles. The first kappa shape index (κ1) is 15.5. The largest absolute Gasteiger partial charge is 0.508 e. The molecular weight excluding hydrogens is 306 g/mol. The molecule has 23 heavy (non-hydrogen) atoms. The Balaban J connectivity index is 2.07. The molecule has 4 heteroatoms.